The van der Waals surface area contributed by atoms with Gasteiger partial charge in [-0.15, -0.1) is 0 Å². The summed E-state index contributed by atoms with van der Waals surface area (Å²) in [6.07, 6.45) is 2.56. The number of H-pyrrole nitrogens is 1. The van der Waals surface area contributed by atoms with E-state index in [1.807, 2.05) is 59.5 Å². The second-order valence-corrected chi connectivity index (χ2v) is 7.08. The summed E-state index contributed by atoms with van der Waals surface area (Å²) in [6, 6.07) is 23.4. The number of rotatable bonds is 1. The topological polar surface area (TPSA) is 49.0 Å². The molecule has 4 nitrogen and oxygen atoms in total. The zero-order chi connectivity index (χ0) is 19.6. The molecule has 1 unspecified atom stereocenters. The minimum absolute atomic E-state index is 0.186. The maximum absolute atomic E-state index is 13.1. The van der Waals surface area contributed by atoms with Crippen molar-refractivity contribution in [2.24, 2.45) is 0 Å². The van der Waals surface area contributed by atoms with Gasteiger partial charge < -0.3 is 9.88 Å². The van der Waals surface area contributed by atoms with Crippen molar-refractivity contribution in [2.45, 2.75) is 12.5 Å². The number of pyridine rings is 1. The summed E-state index contributed by atoms with van der Waals surface area (Å²) in [7, 11) is 0. The van der Waals surface area contributed by atoms with Crippen molar-refractivity contribution in [1.29, 1.82) is 0 Å². The van der Waals surface area contributed by atoms with Gasteiger partial charge in [-0.1, -0.05) is 48.4 Å². The smallest absolute Gasteiger partial charge is 0.299 e. The summed E-state index contributed by atoms with van der Waals surface area (Å²) in [6.45, 7) is 0.610. The van der Waals surface area contributed by atoms with Gasteiger partial charge in [0, 0.05) is 40.8 Å². The lowest BCUT2D eigenvalue weighted by Gasteiger charge is -2.34. The second kappa shape index (κ2) is 7.29. The molecule has 1 amide bonds. The van der Waals surface area contributed by atoms with Gasteiger partial charge >= 0.3 is 0 Å². The molecule has 3 heterocycles. The first kappa shape index (κ1) is 17.3. The van der Waals surface area contributed by atoms with Crippen LogP contribution in [0.25, 0.3) is 10.9 Å². The number of nitrogens with one attached hydrogen (secondary N) is 1. The number of carbonyl (C=O) groups is 1. The molecule has 140 valence electrons. The van der Waals surface area contributed by atoms with Crippen LogP contribution in [0.4, 0.5) is 0 Å². The van der Waals surface area contributed by atoms with Crippen molar-refractivity contribution in [3.63, 3.8) is 0 Å². The van der Waals surface area contributed by atoms with Crippen LogP contribution in [0.5, 0.6) is 0 Å². The van der Waals surface area contributed by atoms with E-state index in [-0.39, 0.29) is 11.9 Å². The number of aromatic nitrogens is 2. The van der Waals surface area contributed by atoms with Crippen LogP contribution in [0, 0.1) is 11.8 Å². The number of fused-ring (bicyclic) bond motifs is 3. The van der Waals surface area contributed by atoms with Crippen molar-refractivity contribution in [1.82, 2.24) is 14.9 Å². The molecule has 1 atom stereocenters. The molecule has 0 saturated carbocycles. The summed E-state index contributed by atoms with van der Waals surface area (Å²) in [5, 5.41) is 1.21. The lowest BCUT2D eigenvalue weighted by molar-refractivity contribution is -0.127. The van der Waals surface area contributed by atoms with E-state index in [1.165, 1.54) is 10.9 Å². The average molecular weight is 377 g/mol. The fourth-order valence-electron chi connectivity index (χ4n) is 4.02. The Morgan fingerprint density at radius 1 is 1.00 bits per heavy atom. The summed E-state index contributed by atoms with van der Waals surface area (Å²) < 4.78 is 0. The molecule has 0 aliphatic carbocycles. The van der Waals surface area contributed by atoms with Gasteiger partial charge in [-0.05, 0) is 42.3 Å². The molecule has 1 aliphatic rings. The van der Waals surface area contributed by atoms with Crippen LogP contribution in [0.15, 0.2) is 79.0 Å². The van der Waals surface area contributed by atoms with E-state index in [1.54, 1.807) is 6.20 Å². The first-order valence-electron chi connectivity index (χ1n) is 9.69. The highest BCUT2D eigenvalue weighted by molar-refractivity contribution is 5.95. The predicted molar refractivity (Wildman–Crippen MR) is 113 cm³/mol. The number of benzene rings is 2. The average Bonchev–Trinajstić information content (AvgIpc) is 3.17. The third-order valence-electron chi connectivity index (χ3n) is 5.35. The summed E-state index contributed by atoms with van der Waals surface area (Å²) in [4.78, 5) is 23.0. The lowest BCUT2D eigenvalue weighted by atomic mass is 9.95. The summed E-state index contributed by atoms with van der Waals surface area (Å²) >= 11 is 0. The van der Waals surface area contributed by atoms with Crippen LogP contribution in [0.3, 0.4) is 0 Å². The number of carbonyl (C=O) groups excluding carboxylic acids is 1. The van der Waals surface area contributed by atoms with Gasteiger partial charge in [0.1, 0.15) is 6.04 Å². The normalized spacial score (nSPS) is 15.4. The molecular weight excluding hydrogens is 358 g/mol. The number of aromatic amines is 1. The Balaban J connectivity index is 1.58. The van der Waals surface area contributed by atoms with Crippen LogP contribution >= 0.6 is 0 Å². The van der Waals surface area contributed by atoms with Crippen LogP contribution < -0.4 is 0 Å². The fraction of sp³-hybridized carbons (Fsp3) is 0.120. The third kappa shape index (κ3) is 3.17. The number of para-hydroxylation sites is 1. The van der Waals surface area contributed by atoms with Gasteiger partial charge in [0.25, 0.3) is 5.91 Å². The Morgan fingerprint density at radius 3 is 2.62 bits per heavy atom. The summed E-state index contributed by atoms with van der Waals surface area (Å²) in [5.74, 6) is 5.63. The van der Waals surface area contributed by atoms with Gasteiger partial charge in [-0.25, -0.2) is 0 Å². The van der Waals surface area contributed by atoms with Crippen molar-refractivity contribution in [2.75, 3.05) is 6.54 Å². The highest BCUT2D eigenvalue weighted by Gasteiger charge is 2.34. The van der Waals surface area contributed by atoms with E-state index in [0.29, 0.717) is 6.54 Å². The Bertz CT molecular complexity index is 1230. The van der Waals surface area contributed by atoms with E-state index in [0.717, 1.165) is 28.9 Å². The van der Waals surface area contributed by atoms with Gasteiger partial charge in [-0.3, -0.25) is 9.78 Å². The number of amides is 1. The van der Waals surface area contributed by atoms with Crippen LogP contribution in [-0.4, -0.2) is 27.3 Å². The summed E-state index contributed by atoms with van der Waals surface area (Å²) in [5.41, 5.74) is 5.05. The van der Waals surface area contributed by atoms with Crippen molar-refractivity contribution in [3.8, 4) is 11.8 Å². The largest absolute Gasteiger partial charge is 0.356 e. The molecule has 4 heteroatoms. The molecule has 5 rings (SSSR count). The molecule has 2 aromatic heterocycles. The standard InChI is InChI=1S/C25H19N3O/c29-23(14-13-18-8-2-1-3-9-18)28-17-15-20-19-10-4-5-11-21(19)27-24(20)25(28)22-12-6-7-16-26-22/h1-12,16,25,27H,15,17H2. The fourth-order valence-corrected chi connectivity index (χ4v) is 4.02. The maximum atomic E-state index is 13.1. The number of hydrogen-bond acceptors (Lipinski definition) is 2. The molecular formula is C25H19N3O. The Labute approximate surface area is 169 Å². The third-order valence-corrected chi connectivity index (χ3v) is 5.35. The highest BCUT2D eigenvalue weighted by Crippen LogP contribution is 2.37. The minimum Gasteiger partial charge on any atom is -0.356 e. The quantitative estimate of drug-likeness (QED) is 0.508. The lowest BCUT2D eigenvalue weighted by Crippen LogP contribution is -2.40. The van der Waals surface area contributed by atoms with E-state index in [4.69, 9.17) is 0 Å². The molecule has 0 spiro atoms. The Morgan fingerprint density at radius 2 is 1.79 bits per heavy atom. The van der Waals surface area contributed by atoms with Crippen molar-refractivity contribution in [3.05, 3.63) is 102 Å². The zero-order valence-electron chi connectivity index (χ0n) is 15.8. The highest BCUT2D eigenvalue weighted by atomic mass is 16.2. The first-order chi connectivity index (χ1) is 14.3. The van der Waals surface area contributed by atoms with E-state index in [2.05, 4.69) is 40.0 Å². The van der Waals surface area contributed by atoms with Crippen LogP contribution in [-0.2, 0) is 11.2 Å². The van der Waals surface area contributed by atoms with Crippen LogP contribution in [0.2, 0.25) is 0 Å². The van der Waals surface area contributed by atoms with Crippen molar-refractivity contribution < 1.29 is 4.79 Å². The number of nitrogens with zero attached hydrogens (tertiary/aromatic N) is 2. The SMILES string of the molecule is O=C(C#Cc1ccccc1)N1CCc2c([nH]c3ccccc23)C1c1ccccn1. The number of hydrogen-bond donors (Lipinski definition) is 1. The molecule has 29 heavy (non-hydrogen) atoms. The van der Waals surface area contributed by atoms with E-state index in [9.17, 15) is 4.79 Å². The van der Waals surface area contributed by atoms with Gasteiger partial charge in [0.15, 0.2) is 0 Å². The first-order valence-corrected chi connectivity index (χ1v) is 9.69. The molecule has 1 N–H and O–H groups in total. The molecule has 0 fully saturated rings. The van der Waals surface area contributed by atoms with E-state index < -0.39 is 0 Å². The predicted octanol–water partition coefficient (Wildman–Crippen LogP) is 4.09. The molecule has 2 aromatic carbocycles. The Kier molecular flexibility index (Phi) is 4.34. The molecule has 0 radical (unpaired) electrons. The van der Waals surface area contributed by atoms with E-state index >= 15 is 0 Å². The van der Waals surface area contributed by atoms with Gasteiger partial charge in [0.2, 0.25) is 0 Å². The second-order valence-electron chi connectivity index (χ2n) is 7.08. The molecule has 0 saturated heterocycles. The van der Waals surface area contributed by atoms with Crippen LogP contribution in [0.1, 0.15) is 28.6 Å². The maximum Gasteiger partial charge on any atom is 0.299 e. The molecule has 1 aliphatic heterocycles. The molecule has 4 aromatic rings. The molecule has 0 bridgehead atoms. The van der Waals surface area contributed by atoms with Gasteiger partial charge in [-0.2, -0.15) is 0 Å². The van der Waals surface area contributed by atoms with Crippen molar-refractivity contribution >= 4 is 16.8 Å². The Hall–Kier alpha value is -3.84. The minimum atomic E-state index is -0.273. The monoisotopic (exact) mass is 377 g/mol. The zero-order valence-corrected chi connectivity index (χ0v) is 15.8. The van der Waals surface area contributed by atoms with Gasteiger partial charge in [0.05, 0.1) is 5.69 Å².